The fraction of sp³-hybridized carbons (Fsp3) is 0.500. The summed E-state index contributed by atoms with van der Waals surface area (Å²) in [5.41, 5.74) is 6.47. The van der Waals surface area contributed by atoms with E-state index >= 15 is 0 Å². The number of phenolic OH excluding ortho intramolecular Hbond substituents is 1. The SMILES string of the molecule is NC(=O)C1CCC(NCc2ccc(O)cc2)CC1. The molecule has 0 spiro atoms. The summed E-state index contributed by atoms with van der Waals surface area (Å²) in [5.74, 6) is 0.199. The van der Waals surface area contributed by atoms with Gasteiger partial charge >= 0.3 is 0 Å². The molecule has 1 amide bonds. The van der Waals surface area contributed by atoms with Gasteiger partial charge in [0.25, 0.3) is 0 Å². The smallest absolute Gasteiger partial charge is 0.220 e. The van der Waals surface area contributed by atoms with Crippen molar-refractivity contribution in [2.45, 2.75) is 38.3 Å². The Morgan fingerprint density at radius 1 is 1.22 bits per heavy atom. The number of primary amides is 1. The Bertz CT molecular complexity index is 395. The highest BCUT2D eigenvalue weighted by Gasteiger charge is 2.24. The molecule has 0 heterocycles. The largest absolute Gasteiger partial charge is 0.508 e. The first-order valence-electron chi connectivity index (χ1n) is 6.46. The predicted octanol–water partition coefficient (Wildman–Crippen LogP) is 1.53. The van der Waals surface area contributed by atoms with Crippen molar-refractivity contribution in [2.24, 2.45) is 11.7 Å². The number of hydrogen-bond donors (Lipinski definition) is 3. The van der Waals surface area contributed by atoms with Crippen LogP contribution in [0.25, 0.3) is 0 Å². The maximum Gasteiger partial charge on any atom is 0.220 e. The summed E-state index contributed by atoms with van der Waals surface area (Å²) in [6.07, 6.45) is 3.79. The van der Waals surface area contributed by atoms with Gasteiger partial charge in [-0.05, 0) is 43.4 Å². The zero-order chi connectivity index (χ0) is 13.0. The first-order chi connectivity index (χ1) is 8.65. The van der Waals surface area contributed by atoms with Gasteiger partial charge in [-0.3, -0.25) is 4.79 Å². The lowest BCUT2D eigenvalue weighted by atomic mass is 9.85. The Morgan fingerprint density at radius 2 is 1.83 bits per heavy atom. The molecule has 1 saturated carbocycles. The second-order valence-electron chi connectivity index (χ2n) is 5.00. The number of nitrogens with one attached hydrogen (secondary N) is 1. The van der Waals surface area contributed by atoms with Gasteiger partial charge in [0.2, 0.25) is 5.91 Å². The molecule has 0 unspecified atom stereocenters. The maximum absolute atomic E-state index is 11.1. The monoisotopic (exact) mass is 248 g/mol. The molecule has 2 rings (SSSR count). The summed E-state index contributed by atoms with van der Waals surface area (Å²) in [7, 11) is 0. The van der Waals surface area contributed by atoms with Gasteiger partial charge in [0.1, 0.15) is 5.75 Å². The van der Waals surface area contributed by atoms with Crippen LogP contribution in [-0.2, 0) is 11.3 Å². The second kappa shape index (κ2) is 5.87. The molecule has 18 heavy (non-hydrogen) atoms. The minimum absolute atomic E-state index is 0.0664. The van der Waals surface area contributed by atoms with Crippen LogP contribution in [-0.4, -0.2) is 17.1 Å². The molecule has 1 aromatic carbocycles. The Balaban J connectivity index is 1.75. The fourth-order valence-corrected chi connectivity index (χ4v) is 2.46. The number of amides is 1. The molecule has 1 aromatic rings. The van der Waals surface area contributed by atoms with E-state index in [4.69, 9.17) is 5.73 Å². The van der Waals surface area contributed by atoms with Crippen molar-refractivity contribution in [3.05, 3.63) is 29.8 Å². The summed E-state index contributed by atoms with van der Waals surface area (Å²) >= 11 is 0. The molecule has 1 fully saturated rings. The minimum Gasteiger partial charge on any atom is -0.508 e. The average molecular weight is 248 g/mol. The van der Waals surface area contributed by atoms with Gasteiger partial charge < -0.3 is 16.2 Å². The average Bonchev–Trinajstić information content (AvgIpc) is 2.38. The van der Waals surface area contributed by atoms with E-state index in [1.165, 1.54) is 0 Å². The van der Waals surface area contributed by atoms with Gasteiger partial charge in [0.15, 0.2) is 0 Å². The van der Waals surface area contributed by atoms with E-state index in [-0.39, 0.29) is 11.8 Å². The summed E-state index contributed by atoms with van der Waals surface area (Å²) < 4.78 is 0. The quantitative estimate of drug-likeness (QED) is 0.756. The highest BCUT2D eigenvalue weighted by Crippen LogP contribution is 2.24. The van der Waals surface area contributed by atoms with E-state index in [1.54, 1.807) is 12.1 Å². The first-order valence-corrected chi connectivity index (χ1v) is 6.46. The van der Waals surface area contributed by atoms with E-state index in [0.717, 1.165) is 37.8 Å². The van der Waals surface area contributed by atoms with Crippen molar-refractivity contribution in [2.75, 3.05) is 0 Å². The zero-order valence-electron chi connectivity index (χ0n) is 10.4. The fourth-order valence-electron chi connectivity index (χ4n) is 2.46. The highest BCUT2D eigenvalue weighted by atomic mass is 16.3. The summed E-state index contributed by atoms with van der Waals surface area (Å²) in [6, 6.07) is 7.69. The van der Waals surface area contributed by atoms with E-state index in [0.29, 0.717) is 11.8 Å². The first kappa shape index (κ1) is 12.9. The third-order valence-corrected chi connectivity index (χ3v) is 3.66. The molecule has 0 bridgehead atoms. The molecule has 0 atom stereocenters. The molecule has 0 aromatic heterocycles. The van der Waals surface area contributed by atoms with E-state index in [2.05, 4.69) is 5.32 Å². The molecular weight excluding hydrogens is 228 g/mol. The van der Waals surface area contributed by atoms with E-state index in [9.17, 15) is 9.90 Å². The molecule has 0 saturated heterocycles. The number of phenols is 1. The maximum atomic E-state index is 11.1. The van der Waals surface area contributed by atoms with Crippen LogP contribution in [0.2, 0.25) is 0 Å². The van der Waals surface area contributed by atoms with Crippen LogP contribution in [0.3, 0.4) is 0 Å². The molecule has 1 aliphatic rings. The number of carbonyl (C=O) groups is 1. The van der Waals surface area contributed by atoms with Crippen molar-refractivity contribution in [1.82, 2.24) is 5.32 Å². The standard InChI is InChI=1S/C14H20N2O2/c15-14(18)11-3-5-12(6-4-11)16-9-10-1-7-13(17)8-2-10/h1-2,7-8,11-12,16-17H,3-6,9H2,(H2,15,18). The van der Waals surface area contributed by atoms with Crippen LogP contribution in [0.5, 0.6) is 5.75 Å². The van der Waals surface area contributed by atoms with Crippen LogP contribution < -0.4 is 11.1 Å². The lowest BCUT2D eigenvalue weighted by molar-refractivity contribution is -0.122. The van der Waals surface area contributed by atoms with Gasteiger partial charge in [-0.25, -0.2) is 0 Å². The molecule has 4 N–H and O–H groups in total. The van der Waals surface area contributed by atoms with Crippen LogP contribution in [0, 0.1) is 5.92 Å². The predicted molar refractivity (Wildman–Crippen MR) is 69.9 cm³/mol. The van der Waals surface area contributed by atoms with Crippen LogP contribution in [0.1, 0.15) is 31.2 Å². The Kier molecular flexibility index (Phi) is 4.20. The van der Waals surface area contributed by atoms with Gasteiger partial charge in [-0.15, -0.1) is 0 Å². The third-order valence-electron chi connectivity index (χ3n) is 3.66. The summed E-state index contributed by atoms with van der Waals surface area (Å²) in [5, 5.41) is 12.7. The normalized spacial score (nSPS) is 23.8. The molecule has 98 valence electrons. The van der Waals surface area contributed by atoms with Crippen molar-refractivity contribution < 1.29 is 9.90 Å². The summed E-state index contributed by atoms with van der Waals surface area (Å²) in [6.45, 7) is 0.798. The number of aromatic hydroxyl groups is 1. The molecule has 4 nitrogen and oxygen atoms in total. The van der Waals surface area contributed by atoms with Crippen LogP contribution in [0.15, 0.2) is 24.3 Å². The number of nitrogens with two attached hydrogens (primary N) is 1. The Labute approximate surface area is 107 Å². The summed E-state index contributed by atoms with van der Waals surface area (Å²) in [4.78, 5) is 11.1. The van der Waals surface area contributed by atoms with Crippen molar-refractivity contribution in [3.63, 3.8) is 0 Å². The number of rotatable bonds is 4. The van der Waals surface area contributed by atoms with Crippen LogP contribution in [0.4, 0.5) is 0 Å². The Morgan fingerprint density at radius 3 is 2.39 bits per heavy atom. The lowest BCUT2D eigenvalue weighted by Gasteiger charge is -2.27. The molecular formula is C14H20N2O2. The van der Waals surface area contributed by atoms with Crippen molar-refractivity contribution >= 4 is 5.91 Å². The van der Waals surface area contributed by atoms with E-state index in [1.807, 2.05) is 12.1 Å². The van der Waals surface area contributed by atoms with Gasteiger partial charge in [-0.1, -0.05) is 12.1 Å². The number of carbonyl (C=O) groups excluding carboxylic acids is 1. The molecule has 4 heteroatoms. The number of hydrogen-bond acceptors (Lipinski definition) is 3. The number of benzene rings is 1. The van der Waals surface area contributed by atoms with Crippen LogP contribution >= 0.6 is 0 Å². The van der Waals surface area contributed by atoms with Crippen molar-refractivity contribution in [1.29, 1.82) is 0 Å². The van der Waals surface area contributed by atoms with Gasteiger partial charge in [0, 0.05) is 18.5 Å². The lowest BCUT2D eigenvalue weighted by Crippen LogP contribution is -2.36. The Hall–Kier alpha value is -1.55. The van der Waals surface area contributed by atoms with Gasteiger partial charge in [0.05, 0.1) is 0 Å². The molecule has 0 radical (unpaired) electrons. The third kappa shape index (κ3) is 3.47. The zero-order valence-corrected chi connectivity index (χ0v) is 10.4. The minimum atomic E-state index is -0.160. The second-order valence-corrected chi connectivity index (χ2v) is 5.00. The van der Waals surface area contributed by atoms with Crippen molar-refractivity contribution in [3.8, 4) is 5.75 Å². The molecule has 0 aliphatic heterocycles. The topological polar surface area (TPSA) is 75.4 Å². The highest BCUT2D eigenvalue weighted by molar-refractivity contribution is 5.76. The van der Waals surface area contributed by atoms with Gasteiger partial charge in [-0.2, -0.15) is 0 Å². The molecule has 1 aliphatic carbocycles. The van der Waals surface area contributed by atoms with E-state index < -0.39 is 0 Å².